The predicted octanol–water partition coefficient (Wildman–Crippen LogP) is -1.16. The van der Waals surface area contributed by atoms with Crippen molar-refractivity contribution in [3.8, 4) is 0 Å². The Bertz CT molecular complexity index is 196. The third-order valence-corrected chi connectivity index (χ3v) is 1.92. The molecule has 0 aromatic heterocycles. The smallest absolute Gasteiger partial charge is 0.369 e. The fraction of sp³-hybridized carbons (Fsp3) is 0.500. The van der Waals surface area contributed by atoms with Crippen molar-refractivity contribution in [2.75, 3.05) is 6.61 Å². The Morgan fingerprint density at radius 3 is 2.25 bits per heavy atom. The second kappa shape index (κ2) is 4.87. The second-order valence-electron chi connectivity index (χ2n) is 1.71. The van der Waals surface area contributed by atoms with E-state index in [9.17, 15) is 14.2 Å². The van der Waals surface area contributed by atoms with Gasteiger partial charge in [-0.2, -0.15) is 0 Å². The van der Waals surface area contributed by atoms with Crippen molar-refractivity contribution in [2.45, 2.75) is 5.85 Å². The topological polar surface area (TPSA) is 110 Å². The Kier molecular flexibility index (Phi) is 4.50. The van der Waals surface area contributed by atoms with Gasteiger partial charge >= 0.3 is 7.60 Å². The highest BCUT2D eigenvalue weighted by Crippen LogP contribution is 2.41. The van der Waals surface area contributed by atoms with E-state index in [4.69, 9.17) is 9.79 Å². The fourth-order valence-corrected chi connectivity index (χ4v) is 0.890. The number of ether oxygens (including phenoxy) is 2. The average Bonchev–Trinajstić information content (AvgIpc) is 1.95. The molecular formula is C4H7O7P. The predicted molar refractivity (Wildman–Crippen MR) is 35.0 cm³/mol. The fourth-order valence-electron chi connectivity index (χ4n) is 0.401. The van der Waals surface area contributed by atoms with Crippen LogP contribution in [-0.4, -0.2) is 35.2 Å². The summed E-state index contributed by atoms with van der Waals surface area (Å²) in [4.78, 5) is 36.3. The lowest BCUT2D eigenvalue weighted by Crippen LogP contribution is -2.19. The maximum Gasteiger partial charge on any atom is 0.369 e. The van der Waals surface area contributed by atoms with Gasteiger partial charge < -0.3 is 19.3 Å². The van der Waals surface area contributed by atoms with Gasteiger partial charge in [0.25, 0.3) is 12.9 Å². The van der Waals surface area contributed by atoms with Crippen molar-refractivity contribution in [3.05, 3.63) is 0 Å². The maximum atomic E-state index is 10.4. The van der Waals surface area contributed by atoms with Gasteiger partial charge in [-0.3, -0.25) is 14.2 Å². The zero-order valence-corrected chi connectivity index (χ0v) is 6.72. The van der Waals surface area contributed by atoms with Crippen molar-refractivity contribution in [2.24, 2.45) is 0 Å². The van der Waals surface area contributed by atoms with Crippen LogP contribution in [0.15, 0.2) is 0 Å². The van der Waals surface area contributed by atoms with Crippen LogP contribution in [0.1, 0.15) is 0 Å². The first-order chi connectivity index (χ1) is 5.52. The molecule has 12 heavy (non-hydrogen) atoms. The first-order valence-corrected chi connectivity index (χ1v) is 4.40. The maximum absolute atomic E-state index is 10.4. The van der Waals surface area contributed by atoms with Crippen molar-refractivity contribution in [1.29, 1.82) is 0 Å². The average molecular weight is 198 g/mol. The first kappa shape index (κ1) is 11.1. The summed E-state index contributed by atoms with van der Waals surface area (Å²) in [6, 6.07) is 0. The Balaban J connectivity index is 4.12. The van der Waals surface area contributed by atoms with Crippen LogP contribution in [0.5, 0.6) is 0 Å². The zero-order valence-electron chi connectivity index (χ0n) is 5.82. The summed E-state index contributed by atoms with van der Waals surface area (Å²) in [6.45, 7) is -0.790. The highest BCUT2D eigenvalue weighted by Gasteiger charge is 2.31. The van der Waals surface area contributed by atoms with Gasteiger partial charge in [0.1, 0.15) is 6.61 Å². The van der Waals surface area contributed by atoms with Crippen LogP contribution >= 0.6 is 7.60 Å². The second-order valence-corrected chi connectivity index (χ2v) is 3.46. The minimum Gasteiger partial charge on any atom is -0.463 e. The Labute approximate surface area is 67.4 Å². The van der Waals surface area contributed by atoms with Gasteiger partial charge in [0.15, 0.2) is 0 Å². The number of carbonyl (C=O) groups excluding carboxylic acids is 2. The van der Waals surface area contributed by atoms with Gasteiger partial charge in [0.05, 0.1) is 0 Å². The van der Waals surface area contributed by atoms with E-state index in [1.54, 1.807) is 0 Å². The van der Waals surface area contributed by atoms with E-state index in [0.717, 1.165) is 0 Å². The number of hydrogen-bond donors (Lipinski definition) is 2. The van der Waals surface area contributed by atoms with E-state index in [2.05, 4.69) is 9.47 Å². The van der Waals surface area contributed by atoms with Crippen molar-refractivity contribution in [1.82, 2.24) is 0 Å². The van der Waals surface area contributed by atoms with Crippen LogP contribution in [0.25, 0.3) is 0 Å². The van der Waals surface area contributed by atoms with Crippen molar-refractivity contribution >= 4 is 20.5 Å². The van der Waals surface area contributed by atoms with Gasteiger partial charge in [0.2, 0.25) is 5.85 Å². The van der Waals surface area contributed by atoms with E-state index in [1.165, 1.54) is 0 Å². The van der Waals surface area contributed by atoms with Gasteiger partial charge in [-0.15, -0.1) is 0 Å². The quantitative estimate of drug-likeness (QED) is 0.408. The molecule has 2 N–H and O–H groups in total. The lowest BCUT2D eigenvalue weighted by atomic mass is 10.8. The molecule has 0 aliphatic carbocycles. The lowest BCUT2D eigenvalue weighted by molar-refractivity contribution is -0.139. The Morgan fingerprint density at radius 2 is 1.92 bits per heavy atom. The monoisotopic (exact) mass is 198 g/mol. The standard InChI is InChI=1S/C4H7O7P/c5-2-10-1-4(11-3-6)12(7,8)9/h2-4H,1H2,(H2,7,8,9). The molecule has 0 rings (SSSR count). The summed E-state index contributed by atoms with van der Waals surface area (Å²) in [5, 5.41) is 0. The molecule has 0 fully saturated rings. The molecular weight excluding hydrogens is 191 g/mol. The summed E-state index contributed by atoms with van der Waals surface area (Å²) in [7, 11) is -4.56. The molecule has 0 aliphatic rings. The zero-order chi connectivity index (χ0) is 9.61. The van der Waals surface area contributed by atoms with E-state index < -0.39 is 20.0 Å². The minimum absolute atomic E-state index is 0.00315. The van der Waals surface area contributed by atoms with Crippen molar-refractivity contribution in [3.63, 3.8) is 0 Å². The Morgan fingerprint density at radius 1 is 1.33 bits per heavy atom. The van der Waals surface area contributed by atoms with Crippen LogP contribution in [0.2, 0.25) is 0 Å². The molecule has 70 valence electrons. The van der Waals surface area contributed by atoms with Crippen molar-refractivity contribution < 1.29 is 33.4 Å². The Hall–Kier alpha value is -0.910. The molecule has 1 atom stereocenters. The molecule has 0 saturated carbocycles. The summed E-state index contributed by atoms with van der Waals surface area (Å²) in [5.41, 5.74) is 0. The first-order valence-electron chi connectivity index (χ1n) is 2.72. The number of hydrogen-bond acceptors (Lipinski definition) is 5. The van der Waals surface area contributed by atoms with Crippen LogP contribution < -0.4 is 0 Å². The van der Waals surface area contributed by atoms with E-state index in [-0.39, 0.29) is 12.9 Å². The molecule has 0 aromatic carbocycles. The number of rotatable bonds is 6. The summed E-state index contributed by atoms with van der Waals surface area (Å²) in [5.74, 6) is -1.72. The van der Waals surface area contributed by atoms with Crippen LogP contribution in [0.3, 0.4) is 0 Å². The summed E-state index contributed by atoms with van der Waals surface area (Å²) < 4.78 is 18.4. The van der Waals surface area contributed by atoms with Gasteiger partial charge in [-0.05, 0) is 0 Å². The molecule has 8 heteroatoms. The van der Waals surface area contributed by atoms with E-state index in [1.807, 2.05) is 0 Å². The van der Waals surface area contributed by atoms with Crippen LogP contribution in [-0.2, 0) is 23.6 Å². The molecule has 7 nitrogen and oxygen atoms in total. The normalized spacial score (nSPS) is 13.2. The molecule has 1 unspecified atom stereocenters. The lowest BCUT2D eigenvalue weighted by Gasteiger charge is -2.14. The van der Waals surface area contributed by atoms with Gasteiger partial charge in [0, 0.05) is 0 Å². The summed E-state index contributed by atoms with van der Waals surface area (Å²) >= 11 is 0. The third-order valence-electron chi connectivity index (χ3n) is 0.895. The summed E-state index contributed by atoms with van der Waals surface area (Å²) in [6.07, 6.45) is 0. The van der Waals surface area contributed by atoms with Gasteiger partial charge in [-0.25, -0.2) is 0 Å². The van der Waals surface area contributed by atoms with Gasteiger partial charge in [-0.1, -0.05) is 0 Å². The molecule has 0 bridgehead atoms. The molecule has 0 spiro atoms. The molecule has 0 heterocycles. The van der Waals surface area contributed by atoms with Crippen LogP contribution in [0, 0.1) is 0 Å². The molecule has 0 amide bonds. The highest BCUT2D eigenvalue weighted by atomic mass is 31.2. The van der Waals surface area contributed by atoms with Crippen LogP contribution in [0.4, 0.5) is 0 Å². The third kappa shape index (κ3) is 4.07. The highest BCUT2D eigenvalue weighted by molar-refractivity contribution is 7.52. The molecule has 0 aromatic rings. The molecule has 0 saturated heterocycles. The SMILES string of the molecule is O=COCC(OC=O)P(=O)(O)O. The molecule has 0 aliphatic heterocycles. The largest absolute Gasteiger partial charge is 0.463 e. The van der Waals surface area contributed by atoms with E-state index in [0.29, 0.717) is 0 Å². The van der Waals surface area contributed by atoms with E-state index >= 15 is 0 Å². The minimum atomic E-state index is -4.56. The molecule has 0 radical (unpaired) electrons. The number of carbonyl (C=O) groups is 2.